The van der Waals surface area contributed by atoms with E-state index in [1.807, 2.05) is 6.92 Å². The summed E-state index contributed by atoms with van der Waals surface area (Å²) in [6.07, 6.45) is 0.445. The highest BCUT2D eigenvalue weighted by atomic mass is 32.2. The Bertz CT molecular complexity index is 356. The van der Waals surface area contributed by atoms with Gasteiger partial charge < -0.3 is 9.84 Å². The molecule has 8 heteroatoms. The lowest BCUT2D eigenvalue weighted by Crippen LogP contribution is -2.53. The predicted molar refractivity (Wildman–Crippen MR) is 60.8 cm³/mol. The second-order valence-corrected chi connectivity index (χ2v) is 5.54. The number of rotatable bonds is 6. The van der Waals surface area contributed by atoms with Crippen LogP contribution in [-0.4, -0.2) is 56.1 Å². The van der Waals surface area contributed by atoms with Gasteiger partial charge in [0.15, 0.2) is 0 Å². The first-order valence-electron chi connectivity index (χ1n) is 5.53. The Morgan fingerprint density at radius 1 is 1.59 bits per heavy atom. The quantitative estimate of drug-likeness (QED) is 0.669. The maximum Gasteiger partial charge on any atom is 0.305 e. The number of nitrogens with zero attached hydrogens (tertiary/aromatic N) is 1. The number of carbonyl (C=O) groups is 1. The molecule has 0 spiro atoms. The van der Waals surface area contributed by atoms with E-state index in [4.69, 9.17) is 9.84 Å². The van der Waals surface area contributed by atoms with Crippen molar-refractivity contribution in [2.24, 2.45) is 0 Å². The summed E-state index contributed by atoms with van der Waals surface area (Å²) in [4.78, 5) is 10.7. The molecule has 0 bridgehead atoms. The van der Waals surface area contributed by atoms with Crippen molar-refractivity contribution < 1.29 is 23.1 Å². The fourth-order valence-electron chi connectivity index (χ4n) is 1.63. The zero-order valence-electron chi connectivity index (χ0n) is 9.76. The Balaban J connectivity index is 2.72. The van der Waals surface area contributed by atoms with Crippen LogP contribution in [0, 0.1) is 0 Å². The number of morpholine rings is 1. The van der Waals surface area contributed by atoms with Crippen molar-refractivity contribution in [3.8, 4) is 0 Å². The van der Waals surface area contributed by atoms with Gasteiger partial charge in [0.05, 0.1) is 25.7 Å². The van der Waals surface area contributed by atoms with E-state index in [0.717, 1.165) is 0 Å². The summed E-state index contributed by atoms with van der Waals surface area (Å²) < 4.78 is 32.5. The standard InChI is InChI=1S/C9H18N2O5S/c1-2-3-10-17(14,15)11-4-5-16-7-8(11)6-9(12)13/h8,10H,2-7H2,1H3,(H,12,13). The van der Waals surface area contributed by atoms with Gasteiger partial charge in [0.25, 0.3) is 10.2 Å². The lowest BCUT2D eigenvalue weighted by molar-refractivity contribution is -0.139. The van der Waals surface area contributed by atoms with Crippen LogP contribution in [0.5, 0.6) is 0 Å². The molecule has 1 aliphatic rings. The van der Waals surface area contributed by atoms with Gasteiger partial charge in [0.2, 0.25) is 0 Å². The second kappa shape index (κ2) is 6.29. The summed E-state index contributed by atoms with van der Waals surface area (Å²) in [6, 6.07) is -0.629. The highest BCUT2D eigenvalue weighted by Crippen LogP contribution is 2.14. The molecule has 1 aliphatic heterocycles. The molecule has 17 heavy (non-hydrogen) atoms. The van der Waals surface area contributed by atoms with Crippen molar-refractivity contribution in [2.75, 3.05) is 26.3 Å². The molecule has 0 saturated carbocycles. The molecule has 1 rings (SSSR count). The molecule has 0 aromatic rings. The van der Waals surface area contributed by atoms with Crippen molar-refractivity contribution in [3.05, 3.63) is 0 Å². The molecule has 1 fully saturated rings. The number of ether oxygens (including phenoxy) is 1. The molecule has 1 saturated heterocycles. The lowest BCUT2D eigenvalue weighted by atomic mass is 10.2. The summed E-state index contributed by atoms with van der Waals surface area (Å²) in [6.45, 7) is 2.82. The maximum atomic E-state index is 11.9. The van der Waals surface area contributed by atoms with E-state index in [-0.39, 0.29) is 19.6 Å². The van der Waals surface area contributed by atoms with Gasteiger partial charge in [-0.1, -0.05) is 6.92 Å². The fraction of sp³-hybridized carbons (Fsp3) is 0.889. The van der Waals surface area contributed by atoms with Crippen molar-refractivity contribution in [1.29, 1.82) is 0 Å². The Labute approximate surface area is 101 Å². The number of hydrogen-bond donors (Lipinski definition) is 2. The van der Waals surface area contributed by atoms with Gasteiger partial charge in [-0.2, -0.15) is 12.7 Å². The molecule has 0 aliphatic carbocycles. The number of carboxylic acids is 1. The molecule has 1 heterocycles. The molecule has 1 unspecified atom stereocenters. The van der Waals surface area contributed by atoms with E-state index in [1.165, 1.54) is 4.31 Å². The van der Waals surface area contributed by atoms with Crippen LogP contribution in [0.15, 0.2) is 0 Å². The predicted octanol–water partition coefficient (Wildman–Crippen LogP) is -0.594. The normalized spacial score (nSPS) is 22.5. The third-order valence-electron chi connectivity index (χ3n) is 2.43. The molecule has 100 valence electrons. The largest absolute Gasteiger partial charge is 0.481 e. The minimum atomic E-state index is -3.60. The smallest absolute Gasteiger partial charge is 0.305 e. The maximum absolute atomic E-state index is 11.9. The van der Waals surface area contributed by atoms with Crippen LogP contribution in [-0.2, 0) is 19.7 Å². The van der Waals surface area contributed by atoms with Crippen molar-refractivity contribution in [1.82, 2.24) is 9.03 Å². The summed E-state index contributed by atoms with van der Waals surface area (Å²) >= 11 is 0. The average Bonchev–Trinajstić information content (AvgIpc) is 2.26. The van der Waals surface area contributed by atoms with Crippen LogP contribution in [0.2, 0.25) is 0 Å². The van der Waals surface area contributed by atoms with E-state index in [1.54, 1.807) is 0 Å². The van der Waals surface area contributed by atoms with Crippen molar-refractivity contribution in [3.63, 3.8) is 0 Å². The third-order valence-corrected chi connectivity index (χ3v) is 4.09. The first-order valence-corrected chi connectivity index (χ1v) is 6.97. The van der Waals surface area contributed by atoms with Gasteiger partial charge in [-0.15, -0.1) is 0 Å². The van der Waals surface area contributed by atoms with Gasteiger partial charge in [-0.25, -0.2) is 4.72 Å². The average molecular weight is 266 g/mol. The zero-order chi connectivity index (χ0) is 12.9. The summed E-state index contributed by atoms with van der Waals surface area (Å²) in [5.74, 6) is -1.03. The molecule has 7 nitrogen and oxygen atoms in total. The topological polar surface area (TPSA) is 95.9 Å². The van der Waals surface area contributed by atoms with Crippen LogP contribution < -0.4 is 4.72 Å². The molecule has 2 N–H and O–H groups in total. The fourth-order valence-corrected chi connectivity index (χ4v) is 3.10. The number of carboxylic acid groups (broad SMARTS) is 1. The third kappa shape index (κ3) is 4.23. The van der Waals surface area contributed by atoms with E-state index in [2.05, 4.69) is 4.72 Å². The minimum Gasteiger partial charge on any atom is -0.481 e. The summed E-state index contributed by atoms with van der Waals surface area (Å²) in [7, 11) is -3.60. The molecular formula is C9H18N2O5S. The van der Waals surface area contributed by atoms with Crippen LogP contribution in [0.1, 0.15) is 19.8 Å². The summed E-state index contributed by atoms with van der Waals surface area (Å²) in [5, 5.41) is 8.73. The molecule has 0 aromatic carbocycles. The first kappa shape index (κ1) is 14.4. The van der Waals surface area contributed by atoms with Gasteiger partial charge in [0, 0.05) is 13.1 Å². The summed E-state index contributed by atoms with van der Waals surface area (Å²) in [5.41, 5.74) is 0. The lowest BCUT2D eigenvalue weighted by Gasteiger charge is -2.33. The second-order valence-electron chi connectivity index (χ2n) is 3.84. The van der Waals surface area contributed by atoms with Crippen molar-refractivity contribution >= 4 is 16.2 Å². The SMILES string of the molecule is CCCNS(=O)(=O)N1CCOCC1CC(=O)O. The Kier molecular flexibility index (Phi) is 5.31. The number of hydrogen-bond acceptors (Lipinski definition) is 4. The first-order chi connectivity index (χ1) is 7.97. The van der Waals surface area contributed by atoms with Crippen LogP contribution in [0.4, 0.5) is 0 Å². The highest BCUT2D eigenvalue weighted by Gasteiger charge is 2.33. The van der Waals surface area contributed by atoms with Crippen LogP contribution in [0.3, 0.4) is 0 Å². The zero-order valence-corrected chi connectivity index (χ0v) is 10.6. The molecule has 0 radical (unpaired) electrons. The number of aliphatic carboxylic acids is 1. The van der Waals surface area contributed by atoms with E-state index in [0.29, 0.717) is 19.6 Å². The van der Waals surface area contributed by atoms with Crippen LogP contribution in [0.25, 0.3) is 0 Å². The van der Waals surface area contributed by atoms with Crippen LogP contribution >= 0.6 is 0 Å². The Morgan fingerprint density at radius 3 is 2.88 bits per heavy atom. The van der Waals surface area contributed by atoms with E-state index < -0.39 is 22.2 Å². The van der Waals surface area contributed by atoms with E-state index in [9.17, 15) is 13.2 Å². The Hall–Kier alpha value is -0.700. The van der Waals surface area contributed by atoms with Gasteiger partial charge in [-0.05, 0) is 6.42 Å². The monoisotopic (exact) mass is 266 g/mol. The van der Waals surface area contributed by atoms with Gasteiger partial charge in [-0.3, -0.25) is 4.79 Å². The van der Waals surface area contributed by atoms with Gasteiger partial charge >= 0.3 is 5.97 Å². The minimum absolute atomic E-state index is 0.124. The molecule has 0 amide bonds. The molecule has 1 atom stereocenters. The Morgan fingerprint density at radius 2 is 2.29 bits per heavy atom. The van der Waals surface area contributed by atoms with Gasteiger partial charge in [0.1, 0.15) is 0 Å². The van der Waals surface area contributed by atoms with E-state index >= 15 is 0 Å². The molecular weight excluding hydrogens is 248 g/mol. The molecule has 0 aromatic heterocycles. The number of nitrogens with one attached hydrogen (secondary N) is 1. The van der Waals surface area contributed by atoms with Crippen molar-refractivity contribution in [2.45, 2.75) is 25.8 Å². The highest BCUT2D eigenvalue weighted by molar-refractivity contribution is 7.87.